The zero-order chi connectivity index (χ0) is 16.8. The molecular weight excluding hydrogens is 288 g/mol. The minimum absolute atomic E-state index is 0.00647. The van der Waals surface area contributed by atoms with Gasteiger partial charge in [0.2, 0.25) is 11.8 Å². The molecule has 1 aromatic carbocycles. The summed E-state index contributed by atoms with van der Waals surface area (Å²) in [5.74, 6) is -0.119. The Morgan fingerprint density at radius 1 is 1.13 bits per heavy atom. The second-order valence-corrected chi connectivity index (χ2v) is 6.66. The van der Waals surface area contributed by atoms with E-state index in [-0.39, 0.29) is 24.4 Å². The van der Waals surface area contributed by atoms with E-state index in [1.165, 1.54) is 12.8 Å². The van der Waals surface area contributed by atoms with Crippen molar-refractivity contribution in [3.05, 3.63) is 29.3 Å². The van der Waals surface area contributed by atoms with Gasteiger partial charge in [0.25, 0.3) is 0 Å². The lowest BCUT2D eigenvalue weighted by molar-refractivity contribution is -0.135. The van der Waals surface area contributed by atoms with Gasteiger partial charge in [-0.15, -0.1) is 0 Å². The molecule has 2 rings (SSSR count). The van der Waals surface area contributed by atoms with Crippen molar-refractivity contribution < 1.29 is 9.59 Å². The van der Waals surface area contributed by atoms with Crippen LogP contribution in [0.1, 0.15) is 56.6 Å². The predicted molar refractivity (Wildman–Crippen MR) is 93.4 cm³/mol. The molecule has 1 N–H and O–H groups in total. The van der Waals surface area contributed by atoms with Crippen LogP contribution >= 0.6 is 0 Å². The fourth-order valence-corrected chi connectivity index (χ4v) is 3.28. The number of hydrogen-bond donors (Lipinski definition) is 1. The van der Waals surface area contributed by atoms with Gasteiger partial charge in [-0.1, -0.05) is 37.8 Å². The Labute approximate surface area is 139 Å². The van der Waals surface area contributed by atoms with Crippen molar-refractivity contribution in [2.75, 3.05) is 11.9 Å². The number of nitrogens with one attached hydrogen (secondary N) is 1. The fourth-order valence-electron chi connectivity index (χ4n) is 3.28. The number of aryl methyl sites for hydroxylation is 2. The monoisotopic (exact) mass is 316 g/mol. The molecule has 0 saturated heterocycles. The van der Waals surface area contributed by atoms with Gasteiger partial charge >= 0.3 is 0 Å². The lowest BCUT2D eigenvalue weighted by Crippen LogP contribution is -2.43. The molecule has 1 aliphatic rings. The number of benzene rings is 1. The van der Waals surface area contributed by atoms with Crippen molar-refractivity contribution in [2.24, 2.45) is 0 Å². The maximum Gasteiger partial charge on any atom is 0.244 e. The van der Waals surface area contributed by atoms with E-state index in [4.69, 9.17) is 0 Å². The molecule has 126 valence electrons. The average molecular weight is 316 g/mol. The minimum Gasteiger partial charge on any atom is -0.331 e. The normalized spacial score (nSPS) is 15.8. The van der Waals surface area contributed by atoms with Crippen LogP contribution in [0.15, 0.2) is 18.2 Å². The van der Waals surface area contributed by atoms with Crippen LogP contribution < -0.4 is 5.32 Å². The molecule has 4 nitrogen and oxygen atoms in total. The molecule has 4 heteroatoms. The van der Waals surface area contributed by atoms with Crippen molar-refractivity contribution in [3.8, 4) is 0 Å². The molecule has 0 unspecified atom stereocenters. The fraction of sp³-hybridized carbons (Fsp3) is 0.579. The van der Waals surface area contributed by atoms with Crippen molar-refractivity contribution in [3.63, 3.8) is 0 Å². The van der Waals surface area contributed by atoms with E-state index in [1.54, 1.807) is 11.8 Å². The third-order valence-corrected chi connectivity index (χ3v) is 4.65. The highest BCUT2D eigenvalue weighted by Gasteiger charge is 2.24. The van der Waals surface area contributed by atoms with Gasteiger partial charge in [0.15, 0.2) is 0 Å². The Morgan fingerprint density at radius 3 is 2.39 bits per heavy atom. The molecule has 0 spiro atoms. The largest absolute Gasteiger partial charge is 0.331 e. The van der Waals surface area contributed by atoms with Gasteiger partial charge in [0.05, 0.1) is 0 Å². The number of rotatable bonds is 4. The SMILES string of the molecule is CC(=O)N(CC(=O)Nc1cc(C)ccc1C)C1CCCCCC1. The van der Waals surface area contributed by atoms with Crippen LogP contribution in [0.3, 0.4) is 0 Å². The number of amides is 2. The summed E-state index contributed by atoms with van der Waals surface area (Å²) in [6, 6.07) is 6.20. The van der Waals surface area contributed by atoms with Gasteiger partial charge in [-0.25, -0.2) is 0 Å². The van der Waals surface area contributed by atoms with Crippen LogP contribution in [0.5, 0.6) is 0 Å². The highest BCUT2D eigenvalue weighted by Crippen LogP contribution is 2.22. The first kappa shape index (κ1) is 17.5. The summed E-state index contributed by atoms with van der Waals surface area (Å²) in [5, 5.41) is 2.96. The zero-order valence-corrected chi connectivity index (χ0v) is 14.5. The molecule has 0 aliphatic heterocycles. The summed E-state index contributed by atoms with van der Waals surface area (Å²) in [5.41, 5.74) is 2.98. The minimum atomic E-state index is -0.113. The summed E-state index contributed by atoms with van der Waals surface area (Å²) >= 11 is 0. The summed E-state index contributed by atoms with van der Waals surface area (Å²) in [6.07, 6.45) is 6.78. The van der Waals surface area contributed by atoms with Gasteiger partial charge in [0, 0.05) is 18.7 Å². The van der Waals surface area contributed by atoms with Crippen molar-refractivity contribution in [1.82, 2.24) is 4.90 Å². The van der Waals surface area contributed by atoms with Gasteiger partial charge in [-0.05, 0) is 43.9 Å². The maximum absolute atomic E-state index is 12.4. The Morgan fingerprint density at radius 2 is 1.78 bits per heavy atom. The lowest BCUT2D eigenvalue weighted by atomic mass is 10.1. The zero-order valence-electron chi connectivity index (χ0n) is 14.5. The summed E-state index contributed by atoms with van der Waals surface area (Å²) in [6.45, 7) is 5.69. The second kappa shape index (κ2) is 8.14. The Kier molecular flexibility index (Phi) is 6.20. The van der Waals surface area contributed by atoms with Crippen LogP contribution in [-0.4, -0.2) is 29.3 Å². The van der Waals surface area contributed by atoms with Crippen LogP contribution in [0.4, 0.5) is 5.69 Å². The second-order valence-electron chi connectivity index (χ2n) is 6.66. The Balaban J connectivity index is 2.02. The maximum atomic E-state index is 12.4. The topological polar surface area (TPSA) is 49.4 Å². The quantitative estimate of drug-likeness (QED) is 0.859. The summed E-state index contributed by atoms with van der Waals surface area (Å²) in [4.78, 5) is 26.2. The Hall–Kier alpha value is -1.84. The molecule has 0 bridgehead atoms. The first-order valence-corrected chi connectivity index (χ1v) is 8.61. The molecule has 0 radical (unpaired) electrons. The Bertz CT molecular complexity index is 560. The molecule has 1 aromatic rings. The van der Waals surface area contributed by atoms with E-state index in [0.717, 1.165) is 42.5 Å². The molecule has 0 aromatic heterocycles. The number of carbonyl (C=O) groups excluding carboxylic acids is 2. The van der Waals surface area contributed by atoms with Crippen LogP contribution in [0.25, 0.3) is 0 Å². The van der Waals surface area contributed by atoms with E-state index >= 15 is 0 Å². The number of hydrogen-bond acceptors (Lipinski definition) is 2. The number of nitrogens with zero attached hydrogens (tertiary/aromatic N) is 1. The molecule has 0 heterocycles. The number of anilines is 1. The lowest BCUT2D eigenvalue weighted by Gasteiger charge is -2.29. The van der Waals surface area contributed by atoms with E-state index in [1.807, 2.05) is 32.0 Å². The van der Waals surface area contributed by atoms with Gasteiger partial charge < -0.3 is 10.2 Å². The average Bonchev–Trinajstić information content (AvgIpc) is 2.77. The molecule has 1 saturated carbocycles. The van der Waals surface area contributed by atoms with E-state index in [0.29, 0.717) is 0 Å². The van der Waals surface area contributed by atoms with Gasteiger partial charge in [-0.2, -0.15) is 0 Å². The predicted octanol–water partition coefficient (Wildman–Crippen LogP) is 3.81. The third-order valence-electron chi connectivity index (χ3n) is 4.65. The summed E-state index contributed by atoms with van der Waals surface area (Å²) < 4.78 is 0. The molecule has 23 heavy (non-hydrogen) atoms. The van der Waals surface area contributed by atoms with Crippen molar-refractivity contribution in [1.29, 1.82) is 0 Å². The summed E-state index contributed by atoms with van der Waals surface area (Å²) in [7, 11) is 0. The molecule has 1 fully saturated rings. The van der Waals surface area contributed by atoms with Crippen LogP contribution in [0.2, 0.25) is 0 Å². The van der Waals surface area contributed by atoms with Crippen LogP contribution in [-0.2, 0) is 9.59 Å². The highest BCUT2D eigenvalue weighted by molar-refractivity contribution is 5.95. The van der Waals surface area contributed by atoms with Gasteiger partial charge in [0.1, 0.15) is 6.54 Å². The molecule has 0 atom stereocenters. The van der Waals surface area contributed by atoms with E-state index in [2.05, 4.69) is 5.32 Å². The van der Waals surface area contributed by atoms with E-state index in [9.17, 15) is 9.59 Å². The molecule has 2 amide bonds. The highest BCUT2D eigenvalue weighted by atomic mass is 16.2. The van der Waals surface area contributed by atoms with Gasteiger partial charge in [-0.3, -0.25) is 9.59 Å². The molecule has 1 aliphatic carbocycles. The smallest absolute Gasteiger partial charge is 0.244 e. The standard InChI is InChI=1S/C19H28N2O2/c1-14-10-11-15(2)18(12-14)20-19(23)13-21(16(3)22)17-8-6-4-5-7-9-17/h10-12,17H,4-9,13H2,1-3H3,(H,20,23). The first-order chi connectivity index (χ1) is 11.0. The van der Waals surface area contributed by atoms with Crippen molar-refractivity contribution in [2.45, 2.75) is 65.3 Å². The first-order valence-electron chi connectivity index (χ1n) is 8.61. The molecular formula is C19H28N2O2. The van der Waals surface area contributed by atoms with Crippen LogP contribution in [0, 0.1) is 13.8 Å². The third kappa shape index (κ3) is 5.08. The van der Waals surface area contributed by atoms with E-state index < -0.39 is 0 Å². The van der Waals surface area contributed by atoms with Crippen molar-refractivity contribution >= 4 is 17.5 Å². The number of carbonyl (C=O) groups is 2.